The van der Waals surface area contributed by atoms with Crippen LogP contribution in [-0.2, 0) is 0 Å². The molecule has 3 nitrogen and oxygen atoms in total. The number of benzene rings is 1. The summed E-state index contributed by atoms with van der Waals surface area (Å²) in [5.74, 6) is 0. The molecule has 1 aliphatic rings. The van der Waals surface area contributed by atoms with Crippen molar-refractivity contribution in [2.75, 3.05) is 45.2 Å². The van der Waals surface area contributed by atoms with Crippen molar-refractivity contribution in [1.82, 2.24) is 10.2 Å². The fraction of sp³-hybridized carbons (Fsp3) is 0.625. The molecular weight excluding hydrogens is 341 g/mol. The van der Waals surface area contributed by atoms with Gasteiger partial charge in [-0.3, -0.25) is 4.90 Å². The van der Waals surface area contributed by atoms with Crippen molar-refractivity contribution in [3.8, 4) is 0 Å². The molecule has 2 rings (SSSR count). The molecule has 1 atom stereocenters. The van der Waals surface area contributed by atoms with E-state index in [0.29, 0.717) is 6.04 Å². The Morgan fingerprint density at radius 3 is 2.36 bits per heavy atom. The highest BCUT2D eigenvalue weighted by molar-refractivity contribution is 6.31. The summed E-state index contributed by atoms with van der Waals surface area (Å²) in [5, 5.41) is 4.32. The molecule has 0 bridgehead atoms. The number of anilines is 1. The molecule has 0 spiro atoms. The van der Waals surface area contributed by atoms with Gasteiger partial charge in [0, 0.05) is 57.0 Å². The first kappa shape index (κ1) is 21.8. The van der Waals surface area contributed by atoms with Gasteiger partial charge in [-0.2, -0.15) is 0 Å². The van der Waals surface area contributed by atoms with Gasteiger partial charge < -0.3 is 10.2 Å². The zero-order valence-electron chi connectivity index (χ0n) is 13.6. The van der Waals surface area contributed by atoms with Crippen molar-refractivity contribution in [3.63, 3.8) is 0 Å². The maximum Gasteiger partial charge on any atom is 0.0474 e. The number of hydrogen-bond donors (Lipinski definition) is 1. The van der Waals surface area contributed by atoms with Crippen LogP contribution in [0.4, 0.5) is 5.69 Å². The van der Waals surface area contributed by atoms with Crippen molar-refractivity contribution in [2.45, 2.75) is 25.8 Å². The topological polar surface area (TPSA) is 18.5 Å². The quantitative estimate of drug-likeness (QED) is 0.847. The molecule has 1 aromatic rings. The van der Waals surface area contributed by atoms with Gasteiger partial charge in [-0.1, -0.05) is 31.0 Å². The lowest BCUT2D eigenvalue weighted by Gasteiger charge is -2.35. The Balaban J connectivity index is 0.00000220. The number of piperazine rings is 1. The normalized spacial score (nSPS) is 16.4. The van der Waals surface area contributed by atoms with Crippen molar-refractivity contribution < 1.29 is 0 Å². The smallest absolute Gasteiger partial charge is 0.0474 e. The molecular formula is C16H28Cl3N3. The van der Waals surface area contributed by atoms with Crippen LogP contribution in [-0.4, -0.2) is 45.2 Å². The third kappa shape index (κ3) is 5.47. The number of nitrogens with one attached hydrogen (secondary N) is 1. The molecule has 0 aliphatic carbocycles. The average molecular weight is 369 g/mol. The van der Waals surface area contributed by atoms with Gasteiger partial charge in [0.2, 0.25) is 0 Å². The zero-order chi connectivity index (χ0) is 14.5. The van der Waals surface area contributed by atoms with Gasteiger partial charge in [0.1, 0.15) is 0 Å². The minimum Gasteiger partial charge on any atom is -0.378 e. The summed E-state index contributed by atoms with van der Waals surface area (Å²) in [6.07, 6.45) is 2.35. The third-order valence-corrected chi connectivity index (χ3v) is 4.34. The average Bonchev–Trinajstić information content (AvgIpc) is 2.46. The summed E-state index contributed by atoms with van der Waals surface area (Å²) in [4.78, 5) is 4.66. The maximum atomic E-state index is 6.55. The molecule has 0 aromatic heterocycles. The van der Waals surface area contributed by atoms with Gasteiger partial charge in [-0.25, -0.2) is 0 Å². The molecule has 0 radical (unpaired) electrons. The molecule has 0 unspecified atom stereocenters. The van der Waals surface area contributed by atoms with E-state index in [4.69, 9.17) is 11.6 Å². The molecule has 1 heterocycles. The molecule has 1 saturated heterocycles. The van der Waals surface area contributed by atoms with Gasteiger partial charge in [0.25, 0.3) is 0 Å². The molecule has 1 aliphatic heterocycles. The lowest BCUT2D eigenvalue weighted by molar-refractivity contribution is 0.164. The Bertz CT molecular complexity index is 435. The fourth-order valence-corrected chi connectivity index (χ4v) is 3.17. The van der Waals surface area contributed by atoms with Crippen LogP contribution in [0, 0.1) is 0 Å². The highest BCUT2D eigenvalue weighted by Crippen LogP contribution is 2.33. The maximum absolute atomic E-state index is 6.55. The van der Waals surface area contributed by atoms with E-state index in [1.54, 1.807) is 0 Å². The Morgan fingerprint density at radius 1 is 1.23 bits per heavy atom. The Kier molecular flexibility index (Phi) is 10.5. The van der Waals surface area contributed by atoms with Crippen LogP contribution in [0.2, 0.25) is 5.02 Å². The Labute approximate surface area is 152 Å². The van der Waals surface area contributed by atoms with Crippen molar-refractivity contribution >= 4 is 42.1 Å². The summed E-state index contributed by atoms with van der Waals surface area (Å²) in [7, 11) is 4.09. The molecule has 128 valence electrons. The molecule has 1 fully saturated rings. The van der Waals surface area contributed by atoms with Gasteiger partial charge in [-0.05, 0) is 24.1 Å². The third-order valence-electron chi connectivity index (χ3n) is 4.01. The van der Waals surface area contributed by atoms with E-state index in [9.17, 15) is 0 Å². The van der Waals surface area contributed by atoms with E-state index in [2.05, 4.69) is 40.2 Å². The van der Waals surface area contributed by atoms with Crippen LogP contribution in [0.3, 0.4) is 0 Å². The minimum absolute atomic E-state index is 0. The first-order valence-corrected chi connectivity index (χ1v) is 7.92. The predicted molar refractivity (Wildman–Crippen MR) is 102 cm³/mol. The van der Waals surface area contributed by atoms with Crippen molar-refractivity contribution in [3.05, 3.63) is 28.8 Å². The second-order valence-electron chi connectivity index (χ2n) is 5.69. The van der Waals surface area contributed by atoms with E-state index in [-0.39, 0.29) is 24.8 Å². The lowest BCUT2D eigenvalue weighted by Crippen LogP contribution is -2.45. The lowest BCUT2D eigenvalue weighted by atomic mass is 9.99. The van der Waals surface area contributed by atoms with Gasteiger partial charge in [0.05, 0.1) is 0 Å². The molecule has 0 saturated carbocycles. The molecule has 22 heavy (non-hydrogen) atoms. The second-order valence-corrected chi connectivity index (χ2v) is 6.10. The van der Waals surface area contributed by atoms with Crippen LogP contribution in [0.25, 0.3) is 0 Å². The van der Waals surface area contributed by atoms with Gasteiger partial charge in [0.15, 0.2) is 0 Å². The molecule has 6 heteroatoms. The summed E-state index contributed by atoms with van der Waals surface area (Å²) in [6.45, 7) is 6.62. The monoisotopic (exact) mass is 367 g/mol. The summed E-state index contributed by atoms with van der Waals surface area (Å²) < 4.78 is 0. The number of halogens is 3. The van der Waals surface area contributed by atoms with Gasteiger partial charge in [-0.15, -0.1) is 24.8 Å². The highest BCUT2D eigenvalue weighted by Gasteiger charge is 2.23. The standard InChI is InChI=1S/C16H26ClN3.2ClH/c1-4-5-16(20-10-8-18-9-11-20)14-7-6-13(19(2)3)12-15(14)17;;/h6-7,12,16,18H,4-5,8-11H2,1-3H3;2*1H/t16-;;/m0../s1. The molecule has 1 aromatic carbocycles. The Hall–Kier alpha value is -0.190. The summed E-state index contributed by atoms with van der Waals surface area (Å²) in [5.41, 5.74) is 2.44. The van der Waals surface area contributed by atoms with Crippen molar-refractivity contribution in [2.24, 2.45) is 0 Å². The second kappa shape index (κ2) is 10.6. The predicted octanol–water partition coefficient (Wildman–Crippen LogP) is 4.00. The van der Waals surface area contributed by atoms with Crippen LogP contribution in [0.15, 0.2) is 18.2 Å². The van der Waals surface area contributed by atoms with Crippen LogP contribution in [0.1, 0.15) is 31.4 Å². The first-order chi connectivity index (χ1) is 9.63. The zero-order valence-corrected chi connectivity index (χ0v) is 16.0. The highest BCUT2D eigenvalue weighted by atomic mass is 35.5. The molecule has 0 amide bonds. The summed E-state index contributed by atoms with van der Waals surface area (Å²) in [6, 6.07) is 6.92. The minimum atomic E-state index is 0. The van der Waals surface area contributed by atoms with E-state index >= 15 is 0 Å². The van der Waals surface area contributed by atoms with Crippen LogP contribution in [0.5, 0.6) is 0 Å². The summed E-state index contributed by atoms with van der Waals surface area (Å²) >= 11 is 6.55. The van der Waals surface area contributed by atoms with E-state index in [1.165, 1.54) is 18.4 Å². The van der Waals surface area contributed by atoms with Crippen molar-refractivity contribution in [1.29, 1.82) is 0 Å². The Morgan fingerprint density at radius 2 is 1.86 bits per heavy atom. The molecule has 1 N–H and O–H groups in total. The first-order valence-electron chi connectivity index (χ1n) is 7.55. The van der Waals surface area contributed by atoms with Crippen LogP contribution >= 0.6 is 36.4 Å². The number of hydrogen-bond acceptors (Lipinski definition) is 3. The van der Waals surface area contributed by atoms with Gasteiger partial charge >= 0.3 is 0 Å². The number of rotatable bonds is 5. The SMILES string of the molecule is CCC[C@@H](c1ccc(N(C)C)cc1Cl)N1CCNCC1.Cl.Cl. The number of nitrogens with zero attached hydrogens (tertiary/aromatic N) is 2. The van der Waals surface area contributed by atoms with E-state index in [0.717, 1.165) is 36.9 Å². The largest absolute Gasteiger partial charge is 0.378 e. The van der Waals surface area contributed by atoms with E-state index in [1.807, 2.05) is 14.1 Å². The fourth-order valence-electron chi connectivity index (χ4n) is 2.87. The van der Waals surface area contributed by atoms with E-state index < -0.39 is 0 Å². The van der Waals surface area contributed by atoms with Crippen LogP contribution < -0.4 is 10.2 Å².